The number of para-hydroxylation sites is 1. The molecule has 2 atom stereocenters. The molecule has 1 aliphatic rings. The van der Waals surface area contributed by atoms with Gasteiger partial charge in [-0.3, -0.25) is 4.90 Å². The molecule has 1 aromatic rings. The van der Waals surface area contributed by atoms with E-state index in [1.807, 2.05) is 45.0 Å². The lowest BCUT2D eigenvalue weighted by molar-refractivity contribution is 0.0504. The number of nitrogens with zero attached hydrogens (tertiary/aromatic N) is 1. The van der Waals surface area contributed by atoms with Crippen LogP contribution in [0.15, 0.2) is 24.3 Å². The van der Waals surface area contributed by atoms with Gasteiger partial charge in [-0.15, -0.1) is 0 Å². The van der Waals surface area contributed by atoms with Crippen LogP contribution in [0.25, 0.3) is 0 Å². The Morgan fingerprint density at radius 3 is 2.75 bits per heavy atom. The van der Waals surface area contributed by atoms with Crippen LogP contribution in [0.3, 0.4) is 0 Å². The number of carbonyl (C=O) groups excluding carboxylic acids is 1. The molecule has 6 nitrogen and oxygen atoms in total. The second kappa shape index (κ2) is 7.85. The molecule has 1 heterocycles. The lowest BCUT2D eigenvalue weighted by Gasteiger charge is -2.28. The van der Waals surface area contributed by atoms with E-state index in [9.17, 15) is 4.79 Å². The minimum absolute atomic E-state index is 0.0728. The molecular formula is C18H29N3O3. The summed E-state index contributed by atoms with van der Waals surface area (Å²) in [6.07, 6.45) is 0.515. The van der Waals surface area contributed by atoms with Crippen LogP contribution in [-0.2, 0) is 4.74 Å². The summed E-state index contributed by atoms with van der Waals surface area (Å²) in [6.45, 7) is 7.71. The van der Waals surface area contributed by atoms with Gasteiger partial charge in [0.15, 0.2) is 0 Å². The predicted octanol–water partition coefficient (Wildman–Crippen LogP) is 2.29. The van der Waals surface area contributed by atoms with Crippen LogP contribution in [0.5, 0.6) is 5.75 Å². The number of likely N-dealkylation sites (tertiary alicyclic amines) is 1. The van der Waals surface area contributed by atoms with Gasteiger partial charge in [0, 0.05) is 31.2 Å². The summed E-state index contributed by atoms with van der Waals surface area (Å²) in [5, 5.41) is 2.95. The molecule has 0 radical (unpaired) electrons. The van der Waals surface area contributed by atoms with Crippen LogP contribution in [-0.4, -0.2) is 49.4 Å². The number of hydrogen-bond donors (Lipinski definition) is 2. The van der Waals surface area contributed by atoms with Crippen molar-refractivity contribution in [3.8, 4) is 5.75 Å². The molecule has 0 aliphatic carbocycles. The first-order valence-corrected chi connectivity index (χ1v) is 8.40. The molecular weight excluding hydrogens is 306 g/mol. The number of methoxy groups -OCH3 is 1. The Labute approximate surface area is 144 Å². The average Bonchev–Trinajstić information content (AvgIpc) is 2.94. The van der Waals surface area contributed by atoms with Crippen LogP contribution < -0.4 is 15.8 Å². The monoisotopic (exact) mass is 335 g/mol. The SMILES string of the molecule is COc1ccccc1[C@@H](CN)N1CC[C@@H](NC(=O)OC(C)(C)C)C1. The minimum atomic E-state index is -0.487. The Morgan fingerprint density at radius 1 is 1.42 bits per heavy atom. The van der Waals surface area contributed by atoms with Gasteiger partial charge < -0.3 is 20.5 Å². The summed E-state index contributed by atoms with van der Waals surface area (Å²) >= 11 is 0. The number of benzene rings is 1. The maximum absolute atomic E-state index is 11.9. The smallest absolute Gasteiger partial charge is 0.407 e. The molecule has 1 aliphatic heterocycles. The van der Waals surface area contributed by atoms with E-state index in [1.54, 1.807) is 7.11 Å². The van der Waals surface area contributed by atoms with Crippen molar-refractivity contribution < 1.29 is 14.3 Å². The number of hydrogen-bond acceptors (Lipinski definition) is 5. The van der Waals surface area contributed by atoms with E-state index in [-0.39, 0.29) is 18.2 Å². The third-order valence-electron chi connectivity index (χ3n) is 4.10. The zero-order chi connectivity index (χ0) is 17.7. The van der Waals surface area contributed by atoms with Gasteiger partial charge in [0.05, 0.1) is 13.2 Å². The fourth-order valence-corrected chi connectivity index (χ4v) is 3.08. The average molecular weight is 335 g/mol. The fourth-order valence-electron chi connectivity index (χ4n) is 3.08. The van der Waals surface area contributed by atoms with Crippen molar-refractivity contribution in [3.63, 3.8) is 0 Å². The number of alkyl carbamates (subject to hydrolysis) is 1. The number of nitrogens with two attached hydrogens (primary N) is 1. The van der Waals surface area contributed by atoms with Gasteiger partial charge in [0.2, 0.25) is 0 Å². The van der Waals surface area contributed by atoms with Crippen molar-refractivity contribution >= 4 is 6.09 Å². The van der Waals surface area contributed by atoms with E-state index < -0.39 is 5.60 Å². The van der Waals surface area contributed by atoms with Gasteiger partial charge in [-0.05, 0) is 33.3 Å². The van der Waals surface area contributed by atoms with Crippen LogP contribution in [0.2, 0.25) is 0 Å². The van der Waals surface area contributed by atoms with Gasteiger partial charge in [-0.25, -0.2) is 4.79 Å². The molecule has 6 heteroatoms. The molecule has 3 N–H and O–H groups in total. The van der Waals surface area contributed by atoms with Gasteiger partial charge >= 0.3 is 6.09 Å². The van der Waals surface area contributed by atoms with Gasteiger partial charge in [-0.1, -0.05) is 18.2 Å². The van der Waals surface area contributed by atoms with Gasteiger partial charge in [0.25, 0.3) is 0 Å². The molecule has 1 saturated heterocycles. The van der Waals surface area contributed by atoms with E-state index in [2.05, 4.69) is 10.2 Å². The molecule has 2 rings (SSSR count). The standard InChI is InChI=1S/C18H29N3O3/c1-18(2,3)24-17(22)20-13-9-10-21(12-13)15(11-19)14-7-5-6-8-16(14)23-4/h5-8,13,15H,9-12,19H2,1-4H3,(H,20,22)/t13-,15-/m1/s1. The molecule has 0 aromatic heterocycles. The quantitative estimate of drug-likeness (QED) is 0.863. The second-order valence-corrected chi connectivity index (χ2v) is 7.12. The molecule has 1 fully saturated rings. The normalized spacial score (nSPS) is 19.8. The van der Waals surface area contributed by atoms with Crippen LogP contribution >= 0.6 is 0 Å². The summed E-state index contributed by atoms with van der Waals surface area (Å²) in [5.74, 6) is 0.844. The molecule has 134 valence electrons. The first kappa shape index (κ1) is 18.5. The fraction of sp³-hybridized carbons (Fsp3) is 0.611. The molecule has 0 saturated carbocycles. The molecule has 0 unspecified atom stereocenters. The second-order valence-electron chi connectivity index (χ2n) is 7.12. The number of ether oxygens (including phenoxy) is 2. The van der Waals surface area contributed by atoms with Gasteiger partial charge in [0.1, 0.15) is 11.4 Å². The highest BCUT2D eigenvalue weighted by Gasteiger charge is 2.31. The third kappa shape index (κ3) is 4.85. The minimum Gasteiger partial charge on any atom is -0.496 e. The van der Waals surface area contributed by atoms with Crippen molar-refractivity contribution in [2.24, 2.45) is 5.73 Å². The number of nitrogens with one attached hydrogen (secondary N) is 1. The lowest BCUT2D eigenvalue weighted by atomic mass is 10.0. The van der Waals surface area contributed by atoms with E-state index >= 15 is 0 Å². The summed E-state index contributed by atoms with van der Waals surface area (Å²) in [5.41, 5.74) is 6.63. The topological polar surface area (TPSA) is 76.8 Å². The van der Waals surface area contributed by atoms with E-state index in [4.69, 9.17) is 15.2 Å². The van der Waals surface area contributed by atoms with E-state index in [0.717, 1.165) is 30.8 Å². The maximum Gasteiger partial charge on any atom is 0.407 e. The maximum atomic E-state index is 11.9. The number of rotatable bonds is 5. The Morgan fingerprint density at radius 2 is 2.12 bits per heavy atom. The lowest BCUT2D eigenvalue weighted by Crippen LogP contribution is -2.41. The Hall–Kier alpha value is -1.79. The largest absolute Gasteiger partial charge is 0.496 e. The van der Waals surface area contributed by atoms with Gasteiger partial charge in [-0.2, -0.15) is 0 Å². The van der Waals surface area contributed by atoms with Crippen molar-refractivity contribution in [3.05, 3.63) is 29.8 Å². The molecule has 1 aromatic carbocycles. The highest BCUT2D eigenvalue weighted by molar-refractivity contribution is 5.68. The van der Waals surface area contributed by atoms with E-state index in [0.29, 0.717) is 6.54 Å². The highest BCUT2D eigenvalue weighted by Crippen LogP contribution is 2.31. The molecule has 0 bridgehead atoms. The summed E-state index contributed by atoms with van der Waals surface area (Å²) in [6, 6.07) is 8.09. The van der Waals surface area contributed by atoms with Crippen LogP contribution in [0.1, 0.15) is 38.8 Å². The summed E-state index contributed by atoms with van der Waals surface area (Å²) in [4.78, 5) is 14.2. The number of amides is 1. The van der Waals surface area contributed by atoms with E-state index in [1.165, 1.54) is 0 Å². The first-order valence-electron chi connectivity index (χ1n) is 8.40. The van der Waals surface area contributed by atoms with Crippen molar-refractivity contribution in [1.82, 2.24) is 10.2 Å². The highest BCUT2D eigenvalue weighted by atomic mass is 16.6. The Kier molecular flexibility index (Phi) is 6.07. The third-order valence-corrected chi connectivity index (χ3v) is 4.10. The summed E-state index contributed by atoms with van der Waals surface area (Å²) < 4.78 is 10.8. The van der Waals surface area contributed by atoms with Crippen molar-refractivity contribution in [1.29, 1.82) is 0 Å². The first-order chi connectivity index (χ1) is 11.3. The van der Waals surface area contributed by atoms with Crippen LogP contribution in [0, 0.1) is 0 Å². The zero-order valence-electron chi connectivity index (χ0n) is 15.0. The zero-order valence-corrected chi connectivity index (χ0v) is 15.0. The summed E-state index contributed by atoms with van der Waals surface area (Å²) in [7, 11) is 1.67. The molecule has 1 amide bonds. The Balaban J connectivity index is 1.99. The predicted molar refractivity (Wildman–Crippen MR) is 94.1 cm³/mol. The van der Waals surface area contributed by atoms with Crippen molar-refractivity contribution in [2.75, 3.05) is 26.7 Å². The molecule has 24 heavy (non-hydrogen) atoms. The van der Waals surface area contributed by atoms with Crippen molar-refractivity contribution in [2.45, 2.75) is 44.9 Å². The van der Waals surface area contributed by atoms with Crippen LogP contribution in [0.4, 0.5) is 4.79 Å². The number of carbonyl (C=O) groups is 1. The Bertz CT molecular complexity index is 557. The molecule has 0 spiro atoms.